The van der Waals surface area contributed by atoms with Crippen molar-refractivity contribution in [3.63, 3.8) is 0 Å². The topological polar surface area (TPSA) is 64.4 Å². The fourth-order valence-corrected chi connectivity index (χ4v) is 4.81. The van der Waals surface area contributed by atoms with Gasteiger partial charge in [0.1, 0.15) is 12.4 Å². The van der Waals surface area contributed by atoms with Gasteiger partial charge < -0.3 is 14.4 Å². The Labute approximate surface area is 174 Å². The number of para-hydroxylation sites is 1. The molecule has 2 aromatic carbocycles. The highest BCUT2D eigenvalue weighted by Gasteiger charge is 2.28. The quantitative estimate of drug-likeness (QED) is 0.500. The summed E-state index contributed by atoms with van der Waals surface area (Å²) in [6.45, 7) is 0.410. The molecule has 0 fully saturated rings. The molecule has 152 valence electrons. The average Bonchev–Trinajstić information content (AvgIpc) is 3.04. The molecule has 1 aliphatic rings. The lowest BCUT2D eigenvalue weighted by Crippen LogP contribution is -2.15. The first-order valence-electron chi connectivity index (χ1n) is 10.4. The van der Waals surface area contributed by atoms with Crippen molar-refractivity contribution in [3.8, 4) is 5.75 Å². The molecule has 1 N–H and O–H groups in total. The number of ether oxygens (including phenoxy) is 1. The van der Waals surface area contributed by atoms with Gasteiger partial charge in [0.2, 0.25) is 0 Å². The number of benzene rings is 2. The summed E-state index contributed by atoms with van der Waals surface area (Å²) >= 11 is 0. The van der Waals surface area contributed by atoms with E-state index < -0.39 is 5.97 Å². The maximum atomic E-state index is 11.3. The second kappa shape index (κ2) is 7.48. The van der Waals surface area contributed by atoms with E-state index in [1.807, 2.05) is 37.4 Å². The summed E-state index contributed by atoms with van der Waals surface area (Å²) < 4.78 is 8.25. The van der Waals surface area contributed by atoms with Gasteiger partial charge in [-0.25, -0.2) is 4.98 Å². The number of pyridine rings is 1. The molecule has 0 saturated heterocycles. The lowest BCUT2D eigenvalue weighted by atomic mass is 9.84. The minimum atomic E-state index is -0.731. The number of carboxylic acid groups (broad SMARTS) is 1. The molecular formula is C25H24N2O3. The molecule has 1 unspecified atom stereocenters. The number of aromatic nitrogens is 2. The zero-order chi connectivity index (χ0) is 20.7. The standard InChI is InChI=1S/C25H24N2O3/c1-27-23-12-11-19(30-15-18-10-9-16-5-2-3-8-22(16)26-18)14-21(23)20-7-4-6-17(25(20)27)13-24(28)29/h2-3,5,8-12,14,17H,4,6-7,13,15H2,1H3,(H,28,29). The van der Waals surface area contributed by atoms with Gasteiger partial charge in [-0.05, 0) is 55.2 Å². The molecule has 2 heterocycles. The fraction of sp³-hybridized carbons (Fsp3) is 0.280. The third-order valence-electron chi connectivity index (χ3n) is 6.15. The zero-order valence-electron chi connectivity index (χ0n) is 17.0. The van der Waals surface area contributed by atoms with Crippen LogP contribution < -0.4 is 4.74 Å². The SMILES string of the molecule is Cn1c2c(c3cc(OCc4ccc5ccccc5n4)ccc31)CCCC2CC(=O)O. The molecule has 1 atom stereocenters. The van der Waals surface area contributed by atoms with Gasteiger partial charge in [0.05, 0.1) is 17.6 Å². The van der Waals surface area contributed by atoms with Crippen molar-refractivity contribution in [1.82, 2.24) is 9.55 Å². The van der Waals surface area contributed by atoms with Crippen molar-refractivity contribution in [1.29, 1.82) is 0 Å². The second-order valence-electron chi connectivity index (χ2n) is 8.07. The third-order valence-corrected chi connectivity index (χ3v) is 6.15. The van der Waals surface area contributed by atoms with Gasteiger partial charge >= 0.3 is 5.97 Å². The molecule has 5 heteroatoms. The van der Waals surface area contributed by atoms with Crippen LogP contribution in [0.1, 0.15) is 42.1 Å². The molecule has 2 aromatic heterocycles. The molecule has 0 bridgehead atoms. The van der Waals surface area contributed by atoms with E-state index >= 15 is 0 Å². The molecule has 30 heavy (non-hydrogen) atoms. The summed E-state index contributed by atoms with van der Waals surface area (Å²) in [4.78, 5) is 16.0. The predicted molar refractivity (Wildman–Crippen MR) is 117 cm³/mol. The first kappa shape index (κ1) is 18.7. The number of aryl methyl sites for hydroxylation is 2. The Morgan fingerprint density at radius 1 is 1.20 bits per heavy atom. The largest absolute Gasteiger partial charge is 0.487 e. The summed E-state index contributed by atoms with van der Waals surface area (Å²) in [5.41, 5.74) is 5.45. The van der Waals surface area contributed by atoms with Crippen LogP contribution in [-0.4, -0.2) is 20.6 Å². The number of hydrogen-bond acceptors (Lipinski definition) is 3. The van der Waals surface area contributed by atoms with Crippen LogP contribution in [-0.2, 0) is 24.9 Å². The molecule has 5 rings (SSSR count). The first-order chi connectivity index (χ1) is 14.6. The summed E-state index contributed by atoms with van der Waals surface area (Å²) in [5, 5.41) is 11.6. The lowest BCUT2D eigenvalue weighted by molar-refractivity contribution is -0.137. The Kier molecular flexibility index (Phi) is 4.66. The highest BCUT2D eigenvalue weighted by Crippen LogP contribution is 2.40. The van der Waals surface area contributed by atoms with Gasteiger partial charge in [-0.2, -0.15) is 0 Å². The molecule has 0 radical (unpaired) electrons. The van der Waals surface area contributed by atoms with E-state index in [1.54, 1.807) is 0 Å². The van der Waals surface area contributed by atoms with Crippen LogP contribution in [0.5, 0.6) is 5.75 Å². The smallest absolute Gasteiger partial charge is 0.304 e. The summed E-state index contributed by atoms with van der Waals surface area (Å²) in [6, 6.07) is 18.3. The number of rotatable bonds is 5. The molecule has 0 spiro atoms. The fourth-order valence-electron chi connectivity index (χ4n) is 4.81. The number of aliphatic carboxylic acids is 1. The van der Waals surface area contributed by atoms with E-state index in [1.165, 1.54) is 16.6 Å². The number of hydrogen-bond donors (Lipinski definition) is 1. The summed E-state index contributed by atoms with van der Waals surface area (Å²) in [5.74, 6) is 0.158. The van der Waals surface area contributed by atoms with E-state index in [0.717, 1.165) is 47.1 Å². The van der Waals surface area contributed by atoms with Crippen LogP contribution in [0.3, 0.4) is 0 Å². The van der Waals surface area contributed by atoms with Gasteiger partial charge in [0, 0.05) is 34.9 Å². The van der Waals surface area contributed by atoms with Crippen LogP contribution in [0.15, 0.2) is 54.6 Å². The Balaban J connectivity index is 1.44. The van der Waals surface area contributed by atoms with Crippen LogP contribution >= 0.6 is 0 Å². The van der Waals surface area contributed by atoms with Crippen LogP contribution in [0.25, 0.3) is 21.8 Å². The predicted octanol–water partition coefficient (Wildman–Crippen LogP) is 5.20. The number of carboxylic acids is 1. The maximum Gasteiger partial charge on any atom is 0.304 e. The molecule has 1 aliphatic carbocycles. The Morgan fingerprint density at radius 2 is 2.07 bits per heavy atom. The molecule has 4 aromatic rings. The number of fused-ring (bicyclic) bond motifs is 4. The van der Waals surface area contributed by atoms with Crippen LogP contribution in [0, 0.1) is 0 Å². The summed E-state index contributed by atoms with van der Waals surface area (Å²) in [7, 11) is 2.04. The monoisotopic (exact) mass is 400 g/mol. The maximum absolute atomic E-state index is 11.3. The number of nitrogens with zero attached hydrogens (tertiary/aromatic N) is 2. The summed E-state index contributed by atoms with van der Waals surface area (Å²) in [6.07, 6.45) is 3.13. The van der Waals surface area contributed by atoms with E-state index in [-0.39, 0.29) is 12.3 Å². The van der Waals surface area contributed by atoms with E-state index in [4.69, 9.17) is 4.74 Å². The first-order valence-corrected chi connectivity index (χ1v) is 10.4. The van der Waals surface area contributed by atoms with Gasteiger partial charge in [-0.15, -0.1) is 0 Å². The van der Waals surface area contributed by atoms with E-state index in [9.17, 15) is 9.90 Å². The molecule has 0 amide bonds. The van der Waals surface area contributed by atoms with Crippen molar-refractivity contribution in [2.24, 2.45) is 7.05 Å². The minimum absolute atomic E-state index is 0.0785. The van der Waals surface area contributed by atoms with Gasteiger partial charge in [0.25, 0.3) is 0 Å². The van der Waals surface area contributed by atoms with E-state index in [0.29, 0.717) is 6.61 Å². The normalized spacial score (nSPS) is 16.0. The molecular weight excluding hydrogens is 376 g/mol. The van der Waals surface area contributed by atoms with Gasteiger partial charge in [-0.1, -0.05) is 24.3 Å². The number of carbonyl (C=O) groups is 1. The zero-order valence-corrected chi connectivity index (χ0v) is 17.0. The van der Waals surface area contributed by atoms with Crippen molar-refractivity contribution < 1.29 is 14.6 Å². The average molecular weight is 400 g/mol. The third kappa shape index (κ3) is 3.30. The van der Waals surface area contributed by atoms with Gasteiger partial charge in [-0.3, -0.25) is 4.79 Å². The van der Waals surface area contributed by atoms with Crippen molar-refractivity contribution in [3.05, 3.63) is 71.5 Å². The van der Waals surface area contributed by atoms with Crippen molar-refractivity contribution in [2.75, 3.05) is 0 Å². The lowest BCUT2D eigenvalue weighted by Gasteiger charge is -2.23. The van der Waals surface area contributed by atoms with Gasteiger partial charge in [0.15, 0.2) is 0 Å². The molecule has 5 nitrogen and oxygen atoms in total. The minimum Gasteiger partial charge on any atom is -0.487 e. The second-order valence-corrected chi connectivity index (χ2v) is 8.07. The van der Waals surface area contributed by atoms with Crippen LogP contribution in [0.4, 0.5) is 0 Å². The molecule has 0 saturated carbocycles. The Bertz CT molecular complexity index is 1260. The Morgan fingerprint density at radius 3 is 2.93 bits per heavy atom. The Hall–Kier alpha value is -3.34. The van der Waals surface area contributed by atoms with Crippen molar-refractivity contribution in [2.45, 2.75) is 38.2 Å². The highest BCUT2D eigenvalue weighted by molar-refractivity contribution is 5.87. The van der Waals surface area contributed by atoms with E-state index in [2.05, 4.69) is 33.8 Å². The highest BCUT2D eigenvalue weighted by atomic mass is 16.5. The van der Waals surface area contributed by atoms with Crippen LogP contribution in [0.2, 0.25) is 0 Å². The van der Waals surface area contributed by atoms with Crippen molar-refractivity contribution >= 4 is 27.8 Å². The molecule has 0 aliphatic heterocycles.